The number of hydrogen-bond donors (Lipinski definition) is 1. The fourth-order valence-electron chi connectivity index (χ4n) is 3.73. The number of benzene rings is 1. The van der Waals surface area contributed by atoms with Gasteiger partial charge in [-0.1, -0.05) is 50.4 Å². The van der Waals surface area contributed by atoms with E-state index in [2.05, 4.69) is 39.0 Å². The number of halogens is 1. The first-order valence-corrected chi connectivity index (χ1v) is 8.30. The molecule has 2 N–H and O–H groups in total. The number of rotatable bonds is 4. The molecule has 1 saturated carbocycles. The number of aryl methyl sites for hydroxylation is 1. The van der Waals surface area contributed by atoms with E-state index in [0.717, 1.165) is 36.1 Å². The highest BCUT2D eigenvalue weighted by molar-refractivity contribution is 6.31. The van der Waals surface area contributed by atoms with Crippen molar-refractivity contribution < 1.29 is 0 Å². The SMILES string of the molecule is Cc1ccc(CC2(N)CCCC(CC(C)C)C2)c(Cl)c1. The van der Waals surface area contributed by atoms with Gasteiger partial charge in [-0.25, -0.2) is 0 Å². The Morgan fingerprint density at radius 3 is 2.80 bits per heavy atom. The molecule has 1 aliphatic rings. The summed E-state index contributed by atoms with van der Waals surface area (Å²) in [5, 5.41) is 0.876. The van der Waals surface area contributed by atoms with Crippen LogP contribution in [0.25, 0.3) is 0 Å². The summed E-state index contributed by atoms with van der Waals surface area (Å²) in [7, 11) is 0. The molecular formula is C18H28ClN. The molecule has 112 valence electrons. The van der Waals surface area contributed by atoms with Gasteiger partial charge in [0.1, 0.15) is 0 Å². The Morgan fingerprint density at radius 1 is 1.40 bits per heavy atom. The van der Waals surface area contributed by atoms with Crippen LogP contribution in [0.15, 0.2) is 18.2 Å². The third-order valence-corrected chi connectivity index (χ3v) is 4.89. The van der Waals surface area contributed by atoms with Gasteiger partial charge in [0.2, 0.25) is 0 Å². The molecule has 1 nitrogen and oxygen atoms in total. The van der Waals surface area contributed by atoms with E-state index in [1.807, 2.05) is 0 Å². The van der Waals surface area contributed by atoms with Gasteiger partial charge < -0.3 is 5.73 Å². The third kappa shape index (κ3) is 4.23. The molecular weight excluding hydrogens is 266 g/mol. The van der Waals surface area contributed by atoms with Gasteiger partial charge in [0, 0.05) is 10.6 Å². The van der Waals surface area contributed by atoms with Gasteiger partial charge in [0.05, 0.1) is 0 Å². The van der Waals surface area contributed by atoms with E-state index in [4.69, 9.17) is 17.3 Å². The number of nitrogens with two attached hydrogens (primary N) is 1. The summed E-state index contributed by atoms with van der Waals surface area (Å²) >= 11 is 6.38. The molecule has 0 radical (unpaired) electrons. The van der Waals surface area contributed by atoms with Gasteiger partial charge in [0.15, 0.2) is 0 Å². The molecule has 1 fully saturated rings. The molecule has 1 aromatic carbocycles. The highest BCUT2D eigenvalue weighted by Crippen LogP contribution is 2.37. The zero-order valence-corrected chi connectivity index (χ0v) is 13.8. The molecule has 2 unspecified atom stereocenters. The molecule has 0 heterocycles. The van der Waals surface area contributed by atoms with E-state index in [0.29, 0.717) is 0 Å². The van der Waals surface area contributed by atoms with Crippen LogP contribution in [0.2, 0.25) is 5.02 Å². The van der Waals surface area contributed by atoms with E-state index < -0.39 is 0 Å². The average molecular weight is 294 g/mol. The molecule has 1 aliphatic carbocycles. The molecule has 2 rings (SSSR count). The lowest BCUT2D eigenvalue weighted by atomic mass is 9.71. The van der Waals surface area contributed by atoms with Crippen LogP contribution in [-0.4, -0.2) is 5.54 Å². The van der Waals surface area contributed by atoms with Crippen LogP contribution >= 0.6 is 11.6 Å². The normalized spacial score (nSPS) is 27.0. The van der Waals surface area contributed by atoms with Gasteiger partial charge in [-0.05, 0) is 61.6 Å². The molecule has 2 atom stereocenters. The van der Waals surface area contributed by atoms with Crippen LogP contribution in [-0.2, 0) is 6.42 Å². The zero-order chi connectivity index (χ0) is 14.8. The van der Waals surface area contributed by atoms with Crippen LogP contribution < -0.4 is 5.73 Å². The minimum absolute atomic E-state index is 0.0588. The second-order valence-corrected chi connectivity index (χ2v) is 7.63. The Labute approximate surface area is 128 Å². The van der Waals surface area contributed by atoms with Crippen molar-refractivity contribution in [2.24, 2.45) is 17.6 Å². The lowest BCUT2D eigenvalue weighted by molar-refractivity contribution is 0.200. The summed E-state index contributed by atoms with van der Waals surface area (Å²) in [4.78, 5) is 0. The monoisotopic (exact) mass is 293 g/mol. The average Bonchev–Trinajstić information content (AvgIpc) is 2.32. The van der Waals surface area contributed by atoms with E-state index in [9.17, 15) is 0 Å². The smallest absolute Gasteiger partial charge is 0.0441 e. The van der Waals surface area contributed by atoms with Crippen LogP contribution in [0.5, 0.6) is 0 Å². The molecule has 0 bridgehead atoms. The van der Waals surface area contributed by atoms with Crippen molar-refractivity contribution in [2.45, 2.75) is 64.8 Å². The largest absolute Gasteiger partial charge is 0.325 e. The minimum Gasteiger partial charge on any atom is -0.325 e. The van der Waals surface area contributed by atoms with Crippen molar-refractivity contribution in [3.63, 3.8) is 0 Å². The first-order chi connectivity index (χ1) is 9.38. The summed E-state index contributed by atoms with van der Waals surface area (Å²) in [5.41, 5.74) is 9.07. The standard InChI is InChI=1S/C18H28ClN/c1-13(2)9-15-5-4-8-18(20,11-15)12-16-7-6-14(3)10-17(16)19/h6-7,10,13,15H,4-5,8-9,11-12,20H2,1-3H3. The van der Waals surface area contributed by atoms with Gasteiger partial charge >= 0.3 is 0 Å². The van der Waals surface area contributed by atoms with Crippen LogP contribution in [0.4, 0.5) is 0 Å². The second-order valence-electron chi connectivity index (χ2n) is 7.23. The van der Waals surface area contributed by atoms with Gasteiger partial charge in [-0.2, -0.15) is 0 Å². The molecule has 0 amide bonds. The Bertz CT molecular complexity index is 455. The van der Waals surface area contributed by atoms with E-state index in [1.54, 1.807) is 0 Å². The molecule has 0 saturated heterocycles. The summed E-state index contributed by atoms with van der Waals surface area (Å²) < 4.78 is 0. The summed E-state index contributed by atoms with van der Waals surface area (Å²) in [5.74, 6) is 1.56. The number of hydrogen-bond acceptors (Lipinski definition) is 1. The predicted octanol–water partition coefficient (Wildman–Crippen LogP) is 5.12. The maximum absolute atomic E-state index is 6.71. The highest BCUT2D eigenvalue weighted by Gasteiger charge is 2.33. The Hall–Kier alpha value is -0.530. The lowest BCUT2D eigenvalue weighted by Gasteiger charge is -2.39. The van der Waals surface area contributed by atoms with Gasteiger partial charge in [0.25, 0.3) is 0 Å². The maximum atomic E-state index is 6.71. The van der Waals surface area contributed by atoms with E-state index >= 15 is 0 Å². The molecule has 1 aromatic rings. The predicted molar refractivity (Wildman–Crippen MR) is 88.2 cm³/mol. The molecule has 2 heteroatoms. The summed E-state index contributed by atoms with van der Waals surface area (Å²) in [6.45, 7) is 6.69. The minimum atomic E-state index is -0.0588. The lowest BCUT2D eigenvalue weighted by Crippen LogP contribution is -2.46. The van der Waals surface area contributed by atoms with Gasteiger partial charge in [-0.3, -0.25) is 0 Å². The zero-order valence-electron chi connectivity index (χ0n) is 13.1. The van der Waals surface area contributed by atoms with Crippen molar-refractivity contribution in [1.29, 1.82) is 0 Å². The summed E-state index contributed by atoms with van der Waals surface area (Å²) in [6.07, 6.45) is 7.11. The first-order valence-electron chi connectivity index (χ1n) is 7.92. The Morgan fingerprint density at radius 2 is 2.15 bits per heavy atom. The topological polar surface area (TPSA) is 26.0 Å². The maximum Gasteiger partial charge on any atom is 0.0441 e. The Balaban J connectivity index is 2.06. The van der Waals surface area contributed by atoms with Crippen LogP contribution in [0, 0.1) is 18.8 Å². The first kappa shape index (κ1) is 15.9. The van der Waals surface area contributed by atoms with Crippen molar-refractivity contribution in [2.75, 3.05) is 0 Å². The van der Waals surface area contributed by atoms with Crippen molar-refractivity contribution in [1.82, 2.24) is 0 Å². The third-order valence-electron chi connectivity index (χ3n) is 4.54. The molecule has 20 heavy (non-hydrogen) atoms. The van der Waals surface area contributed by atoms with E-state index in [1.165, 1.54) is 30.4 Å². The van der Waals surface area contributed by atoms with E-state index in [-0.39, 0.29) is 5.54 Å². The quantitative estimate of drug-likeness (QED) is 0.819. The van der Waals surface area contributed by atoms with Crippen molar-refractivity contribution >= 4 is 11.6 Å². The van der Waals surface area contributed by atoms with Gasteiger partial charge in [-0.15, -0.1) is 0 Å². The van der Waals surface area contributed by atoms with Crippen molar-refractivity contribution in [3.05, 3.63) is 34.3 Å². The fourth-order valence-corrected chi connectivity index (χ4v) is 4.03. The summed E-state index contributed by atoms with van der Waals surface area (Å²) in [6, 6.07) is 6.34. The van der Waals surface area contributed by atoms with Crippen LogP contribution in [0.1, 0.15) is 57.1 Å². The highest BCUT2D eigenvalue weighted by atomic mass is 35.5. The van der Waals surface area contributed by atoms with Crippen molar-refractivity contribution in [3.8, 4) is 0 Å². The molecule has 0 aliphatic heterocycles. The van der Waals surface area contributed by atoms with Crippen LogP contribution in [0.3, 0.4) is 0 Å². The molecule has 0 spiro atoms. The molecule has 0 aromatic heterocycles. The fraction of sp³-hybridized carbons (Fsp3) is 0.667. The second kappa shape index (κ2) is 6.49. The Kier molecular flexibility index (Phi) is 5.14.